The van der Waals surface area contributed by atoms with Gasteiger partial charge in [-0.3, -0.25) is 4.79 Å². The van der Waals surface area contributed by atoms with E-state index in [9.17, 15) is 17.6 Å². The number of hydrogen-bond acceptors (Lipinski definition) is 3. The Morgan fingerprint density at radius 3 is 2.76 bits per heavy atom. The molecule has 0 aliphatic carbocycles. The van der Waals surface area contributed by atoms with Crippen molar-refractivity contribution in [2.24, 2.45) is 0 Å². The number of nitrogens with zero attached hydrogens (tertiary/aromatic N) is 1. The Labute approximate surface area is 131 Å². The summed E-state index contributed by atoms with van der Waals surface area (Å²) in [6.45, 7) is 0.319. The van der Waals surface area contributed by atoms with Gasteiger partial charge < -0.3 is 5.32 Å². The molecule has 116 valence electrons. The van der Waals surface area contributed by atoms with Crippen LogP contribution in [0.3, 0.4) is 0 Å². The molecule has 0 unspecified atom stereocenters. The van der Waals surface area contributed by atoms with E-state index in [-0.39, 0.29) is 5.69 Å². The molecular formula is C13H16BrFN2O3S. The predicted molar refractivity (Wildman–Crippen MR) is 81.9 cm³/mol. The van der Waals surface area contributed by atoms with E-state index < -0.39 is 27.8 Å². The fourth-order valence-electron chi connectivity index (χ4n) is 2.37. The van der Waals surface area contributed by atoms with Gasteiger partial charge in [0.15, 0.2) is 0 Å². The van der Waals surface area contributed by atoms with Gasteiger partial charge in [0.1, 0.15) is 11.9 Å². The van der Waals surface area contributed by atoms with E-state index in [1.54, 1.807) is 6.07 Å². The fourth-order valence-corrected chi connectivity index (χ4v) is 3.83. The fraction of sp³-hybridized carbons (Fsp3) is 0.462. The molecule has 0 radical (unpaired) electrons. The Hall–Kier alpha value is -0.990. The number of rotatable bonds is 3. The Morgan fingerprint density at radius 1 is 1.43 bits per heavy atom. The lowest BCUT2D eigenvalue weighted by Crippen LogP contribution is -2.49. The second kappa shape index (κ2) is 6.41. The molecule has 1 aromatic rings. The van der Waals surface area contributed by atoms with Crippen LogP contribution in [0.4, 0.5) is 10.1 Å². The smallest absolute Gasteiger partial charge is 0.242 e. The molecule has 0 aromatic heterocycles. The van der Waals surface area contributed by atoms with Gasteiger partial charge in [-0.25, -0.2) is 12.8 Å². The Balaban J connectivity index is 2.18. The van der Waals surface area contributed by atoms with Gasteiger partial charge in [-0.15, -0.1) is 0 Å². The van der Waals surface area contributed by atoms with Gasteiger partial charge >= 0.3 is 0 Å². The average molecular weight is 379 g/mol. The quantitative estimate of drug-likeness (QED) is 0.877. The predicted octanol–water partition coefficient (Wildman–Crippen LogP) is 2.34. The molecule has 1 aromatic carbocycles. The molecule has 21 heavy (non-hydrogen) atoms. The molecule has 1 aliphatic rings. The maximum atomic E-state index is 13.7. The molecule has 1 saturated heterocycles. The van der Waals surface area contributed by atoms with Crippen molar-refractivity contribution in [1.82, 2.24) is 4.31 Å². The highest BCUT2D eigenvalue weighted by Crippen LogP contribution is 2.23. The number of amides is 1. The highest BCUT2D eigenvalue weighted by molar-refractivity contribution is 9.10. The minimum Gasteiger partial charge on any atom is -0.322 e. The molecule has 1 atom stereocenters. The number of nitrogens with one attached hydrogen (secondary N) is 1. The second-order valence-electron chi connectivity index (χ2n) is 5.00. The lowest BCUT2D eigenvalue weighted by molar-refractivity contribution is -0.120. The maximum Gasteiger partial charge on any atom is 0.242 e. The van der Waals surface area contributed by atoms with Gasteiger partial charge in [-0.1, -0.05) is 22.4 Å². The zero-order chi connectivity index (χ0) is 15.6. The average Bonchev–Trinajstić information content (AvgIpc) is 2.41. The van der Waals surface area contributed by atoms with Crippen LogP contribution in [0.15, 0.2) is 22.7 Å². The number of benzene rings is 1. The van der Waals surface area contributed by atoms with Gasteiger partial charge in [0.25, 0.3) is 0 Å². The topological polar surface area (TPSA) is 66.5 Å². The van der Waals surface area contributed by atoms with Crippen LogP contribution in [0.2, 0.25) is 0 Å². The first-order valence-corrected chi connectivity index (χ1v) is 9.16. The summed E-state index contributed by atoms with van der Waals surface area (Å²) in [5, 5.41) is 2.47. The molecule has 1 amide bonds. The van der Waals surface area contributed by atoms with Crippen molar-refractivity contribution in [3.8, 4) is 0 Å². The lowest BCUT2D eigenvalue weighted by Gasteiger charge is -2.32. The number of anilines is 1. The van der Waals surface area contributed by atoms with Crippen LogP contribution in [0, 0.1) is 5.82 Å². The monoisotopic (exact) mass is 378 g/mol. The van der Waals surface area contributed by atoms with Crippen molar-refractivity contribution in [1.29, 1.82) is 0 Å². The van der Waals surface area contributed by atoms with Gasteiger partial charge in [-0.05, 0) is 31.0 Å². The highest BCUT2D eigenvalue weighted by atomic mass is 79.9. The van der Waals surface area contributed by atoms with E-state index in [1.807, 2.05) is 0 Å². The van der Waals surface area contributed by atoms with Crippen LogP contribution in [0.1, 0.15) is 19.3 Å². The van der Waals surface area contributed by atoms with Crippen LogP contribution in [0.5, 0.6) is 0 Å². The van der Waals surface area contributed by atoms with Gasteiger partial charge in [0.2, 0.25) is 15.9 Å². The lowest BCUT2D eigenvalue weighted by atomic mass is 10.0. The number of carbonyl (C=O) groups excluding carboxylic acids is 1. The summed E-state index contributed by atoms with van der Waals surface area (Å²) in [5.74, 6) is -1.07. The minimum absolute atomic E-state index is 0.0437. The molecule has 0 bridgehead atoms. The van der Waals surface area contributed by atoms with Crippen LogP contribution in [0.25, 0.3) is 0 Å². The minimum atomic E-state index is -3.46. The van der Waals surface area contributed by atoms with Crippen molar-refractivity contribution in [2.75, 3.05) is 18.1 Å². The number of halogens is 2. The normalized spacial score (nSPS) is 20.2. The summed E-state index contributed by atoms with van der Waals surface area (Å²) in [4.78, 5) is 12.3. The van der Waals surface area contributed by atoms with Crippen molar-refractivity contribution in [2.45, 2.75) is 25.3 Å². The van der Waals surface area contributed by atoms with E-state index >= 15 is 0 Å². The molecule has 1 heterocycles. The summed E-state index contributed by atoms with van der Waals surface area (Å²) in [6.07, 6.45) is 3.02. The van der Waals surface area contributed by atoms with E-state index in [1.165, 1.54) is 16.4 Å². The molecular weight excluding hydrogens is 363 g/mol. The third-order valence-corrected chi connectivity index (χ3v) is 5.15. The van der Waals surface area contributed by atoms with E-state index in [0.717, 1.165) is 19.1 Å². The molecule has 2 rings (SSSR count). The van der Waals surface area contributed by atoms with Crippen LogP contribution < -0.4 is 5.32 Å². The number of hydrogen-bond donors (Lipinski definition) is 1. The summed E-state index contributed by atoms with van der Waals surface area (Å²) < 4.78 is 38.9. The zero-order valence-corrected chi connectivity index (χ0v) is 13.9. The Morgan fingerprint density at radius 2 is 2.14 bits per heavy atom. The van der Waals surface area contributed by atoms with Crippen LogP contribution in [-0.2, 0) is 14.8 Å². The number of carbonyl (C=O) groups is 1. The van der Waals surface area contributed by atoms with E-state index in [2.05, 4.69) is 21.2 Å². The molecule has 5 nitrogen and oxygen atoms in total. The molecule has 1 fully saturated rings. The Bertz CT molecular complexity index is 651. The third-order valence-electron chi connectivity index (χ3n) is 3.37. The maximum absolute atomic E-state index is 13.7. The highest BCUT2D eigenvalue weighted by Gasteiger charge is 2.34. The molecule has 8 heteroatoms. The summed E-state index contributed by atoms with van der Waals surface area (Å²) in [6, 6.07) is 3.50. The van der Waals surface area contributed by atoms with Crippen LogP contribution >= 0.6 is 15.9 Å². The Kier molecular flexibility index (Phi) is 5.00. The summed E-state index contributed by atoms with van der Waals surface area (Å²) in [5.41, 5.74) is 0.0437. The van der Waals surface area contributed by atoms with Crippen molar-refractivity contribution >= 4 is 37.5 Å². The largest absolute Gasteiger partial charge is 0.322 e. The van der Waals surface area contributed by atoms with Crippen LogP contribution in [-0.4, -0.2) is 37.5 Å². The molecule has 0 saturated carbocycles. The first-order valence-electron chi connectivity index (χ1n) is 6.52. The summed E-state index contributed by atoms with van der Waals surface area (Å²) in [7, 11) is -3.46. The first kappa shape index (κ1) is 16.4. The SMILES string of the molecule is CS(=O)(=O)N1CCCC[C@@H]1C(=O)Nc1ccc(Br)cc1F. The molecule has 1 aliphatic heterocycles. The van der Waals surface area contributed by atoms with Gasteiger partial charge in [0, 0.05) is 11.0 Å². The number of piperidine rings is 1. The second-order valence-corrected chi connectivity index (χ2v) is 7.85. The standard InChI is InChI=1S/C13H16BrFN2O3S/c1-21(19,20)17-7-3-2-4-12(17)13(18)16-11-6-5-9(14)8-10(11)15/h5-6,8,12H,2-4,7H2,1H3,(H,16,18)/t12-/m1/s1. The van der Waals surface area contributed by atoms with Crippen molar-refractivity contribution in [3.05, 3.63) is 28.5 Å². The van der Waals surface area contributed by atoms with Gasteiger partial charge in [-0.2, -0.15) is 4.31 Å². The molecule has 1 N–H and O–H groups in total. The van der Waals surface area contributed by atoms with Crippen molar-refractivity contribution < 1.29 is 17.6 Å². The zero-order valence-electron chi connectivity index (χ0n) is 11.5. The van der Waals surface area contributed by atoms with Gasteiger partial charge in [0.05, 0.1) is 11.9 Å². The number of sulfonamides is 1. The summed E-state index contributed by atoms with van der Waals surface area (Å²) >= 11 is 3.13. The van der Waals surface area contributed by atoms with Crippen molar-refractivity contribution in [3.63, 3.8) is 0 Å². The van der Waals surface area contributed by atoms with E-state index in [0.29, 0.717) is 17.4 Å². The van der Waals surface area contributed by atoms with E-state index in [4.69, 9.17) is 0 Å². The third kappa shape index (κ3) is 4.02. The first-order chi connectivity index (χ1) is 9.79. The molecule has 0 spiro atoms.